The van der Waals surface area contributed by atoms with Gasteiger partial charge in [-0.05, 0) is 18.4 Å². The van der Waals surface area contributed by atoms with E-state index >= 15 is 0 Å². The lowest BCUT2D eigenvalue weighted by Gasteiger charge is -1.99. The molecule has 6 heteroatoms. The van der Waals surface area contributed by atoms with E-state index in [0.29, 0.717) is 6.61 Å². The smallest absolute Gasteiger partial charge is 0.202 e. The van der Waals surface area contributed by atoms with E-state index in [1.807, 2.05) is 12.1 Å². The summed E-state index contributed by atoms with van der Waals surface area (Å²) in [4.78, 5) is 5.68. The Morgan fingerprint density at radius 3 is 2.78 bits per heavy atom. The SMILES string of the molecule is COCCNc1nc(-c2ccc(SC)cc2)ns1. The van der Waals surface area contributed by atoms with Crippen LogP contribution in [0.3, 0.4) is 0 Å². The molecular weight excluding hydrogens is 266 g/mol. The molecule has 0 unspecified atom stereocenters. The number of nitrogens with zero attached hydrogens (tertiary/aromatic N) is 2. The molecule has 0 aliphatic carbocycles. The molecule has 0 fully saturated rings. The van der Waals surface area contributed by atoms with Crippen LogP contribution in [0.25, 0.3) is 11.4 Å². The maximum Gasteiger partial charge on any atom is 0.202 e. The van der Waals surface area contributed by atoms with Gasteiger partial charge in [-0.15, -0.1) is 11.8 Å². The van der Waals surface area contributed by atoms with Crippen molar-refractivity contribution in [2.45, 2.75) is 4.90 Å². The zero-order valence-corrected chi connectivity index (χ0v) is 12.0. The summed E-state index contributed by atoms with van der Waals surface area (Å²) in [7, 11) is 1.68. The normalized spacial score (nSPS) is 10.6. The van der Waals surface area contributed by atoms with E-state index in [1.165, 1.54) is 16.4 Å². The molecule has 0 amide bonds. The summed E-state index contributed by atoms with van der Waals surface area (Å²) in [5, 5.41) is 4.00. The highest BCUT2D eigenvalue weighted by atomic mass is 32.2. The number of thioether (sulfide) groups is 1. The number of ether oxygens (including phenoxy) is 1. The van der Waals surface area contributed by atoms with Gasteiger partial charge in [0, 0.05) is 35.6 Å². The summed E-state index contributed by atoms with van der Waals surface area (Å²) in [5.74, 6) is 0.771. The van der Waals surface area contributed by atoms with Gasteiger partial charge in [0.05, 0.1) is 6.61 Å². The minimum Gasteiger partial charge on any atom is -0.383 e. The minimum atomic E-state index is 0.664. The molecule has 18 heavy (non-hydrogen) atoms. The van der Waals surface area contributed by atoms with Gasteiger partial charge in [0.15, 0.2) is 5.82 Å². The first-order valence-electron chi connectivity index (χ1n) is 5.54. The van der Waals surface area contributed by atoms with Gasteiger partial charge in [0.1, 0.15) is 0 Å². The van der Waals surface area contributed by atoms with Gasteiger partial charge in [0.25, 0.3) is 0 Å². The van der Waals surface area contributed by atoms with Crippen LogP contribution in [-0.4, -0.2) is 35.9 Å². The Kier molecular flexibility index (Phi) is 4.98. The van der Waals surface area contributed by atoms with Gasteiger partial charge in [-0.25, -0.2) is 0 Å². The van der Waals surface area contributed by atoms with E-state index < -0.39 is 0 Å². The molecule has 2 rings (SSSR count). The molecule has 0 bridgehead atoms. The Morgan fingerprint density at radius 1 is 1.33 bits per heavy atom. The molecule has 0 spiro atoms. The first-order chi connectivity index (χ1) is 8.83. The molecule has 2 aromatic rings. The standard InChI is InChI=1S/C12H15N3OS2/c1-16-8-7-13-12-14-11(15-18-12)9-3-5-10(17-2)6-4-9/h3-6H,7-8H2,1-2H3,(H,13,14,15). The molecule has 0 aliphatic rings. The lowest BCUT2D eigenvalue weighted by Crippen LogP contribution is -2.06. The number of nitrogens with one attached hydrogen (secondary N) is 1. The summed E-state index contributed by atoms with van der Waals surface area (Å²) in [6.45, 7) is 1.41. The highest BCUT2D eigenvalue weighted by Crippen LogP contribution is 2.23. The molecule has 1 heterocycles. The first kappa shape index (κ1) is 13.3. The van der Waals surface area contributed by atoms with Crippen molar-refractivity contribution in [2.24, 2.45) is 0 Å². The van der Waals surface area contributed by atoms with Gasteiger partial charge in [0.2, 0.25) is 5.13 Å². The van der Waals surface area contributed by atoms with E-state index in [4.69, 9.17) is 4.74 Å². The van der Waals surface area contributed by atoms with Crippen molar-refractivity contribution in [3.63, 3.8) is 0 Å². The third kappa shape index (κ3) is 3.44. The minimum absolute atomic E-state index is 0.664. The van der Waals surface area contributed by atoms with E-state index in [0.717, 1.165) is 23.1 Å². The molecule has 96 valence electrons. The lowest BCUT2D eigenvalue weighted by molar-refractivity contribution is 0.211. The second-order valence-electron chi connectivity index (χ2n) is 3.57. The Balaban J connectivity index is 2.04. The fourth-order valence-corrected chi connectivity index (χ4v) is 2.43. The van der Waals surface area contributed by atoms with Crippen molar-refractivity contribution in [3.8, 4) is 11.4 Å². The van der Waals surface area contributed by atoms with E-state index in [-0.39, 0.29) is 0 Å². The summed E-state index contributed by atoms with van der Waals surface area (Å²) in [5.41, 5.74) is 1.05. The van der Waals surface area contributed by atoms with Crippen LogP contribution in [0.15, 0.2) is 29.2 Å². The zero-order valence-electron chi connectivity index (χ0n) is 10.3. The predicted molar refractivity (Wildman–Crippen MR) is 77.5 cm³/mol. The quantitative estimate of drug-likeness (QED) is 0.651. The Morgan fingerprint density at radius 2 is 2.11 bits per heavy atom. The number of rotatable bonds is 6. The Labute approximate surface area is 115 Å². The monoisotopic (exact) mass is 281 g/mol. The zero-order chi connectivity index (χ0) is 12.8. The van der Waals surface area contributed by atoms with Crippen LogP contribution in [-0.2, 0) is 4.74 Å². The maximum atomic E-state index is 4.97. The van der Waals surface area contributed by atoms with Crippen LogP contribution < -0.4 is 5.32 Å². The van der Waals surface area contributed by atoms with Crippen molar-refractivity contribution in [3.05, 3.63) is 24.3 Å². The summed E-state index contributed by atoms with van der Waals surface area (Å²) >= 11 is 3.10. The van der Waals surface area contributed by atoms with Gasteiger partial charge in [-0.3, -0.25) is 0 Å². The van der Waals surface area contributed by atoms with Gasteiger partial charge >= 0.3 is 0 Å². The van der Waals surface area contributed by atoms with Crippen LogP contribution in [0.2, 0.25) is 0 Å². The van der Waals surface area contributed by atoms with Crippen molar-refractivity contribution in [1.82, 2.24) is 9.36 Å². The van der Waals surface area contributed by atoms with Crippen LogP contribution >= 0.6 is 23.3 Å². The lowest BCUT2D eigenvalue weighted by atomic mass is 10.2. The average molecular weight is 281 g/mol. The van der Waals surface area contributed by atoms with Crippen LogP contribution in [0.1, 0.15) is 0 Å². The number of benzene rings is 1. The molecule has 0 atom stereocenters. The topological polar surface area (TPSA) is 47.0 Å². The molecule has 1 aromatic heterocycles. The number of aromatic nitrogens is 2. The highest BCUT2D eigenvalue weighted by Gasteiger charge is 2.05. The largest absolute Gasteiger partial charge is 0.383 e. The van der Waals surface area contributed by atoms with Crippen LogP contribution in [0.5, 0.6) is 0 Å². The molecule has 4 nitrogen and oxygen atoms in total. The van der Waals surface area contributed by atoms with Gasteiger partial charge in [-0.1, -0.05) is 12.1 Å². The maximum absolute atomic E-state index is 4.97. The second-order valence-corrected chi connectivity index (χ2v) is 5.20. The first-order valence-corrected chi connectivity index (χ1v) is 7.54. The molecule has 0 saturated heterocycles. The third-order valence-electron chi connectivity index (χ3n) is 2.36. The number of hydrogen-bond acceptors (Lipinski definition) is 6. The van der Waals surface area contributed by atoms with Gasteiger partial charge < -0.3 is 10.1 Å². The predicted octanol–water partition coefficient (Wildman–Crippen LogP) is 2.99. The van der Waals surface area contributed by atoms with Crippen LogP contribution in [0, 0.1) is 0 Å². The summed E-state index contributed by atoms with van der Waals surface area (Å²) in [6, 6.07) is 8.26. The highest BCUT2D eigenvalue weighted by molar-refractivity contribution is 7.98. The second kappa shape index (κ2) is 6.72. The van der Waals surface area contributed by atoms with Gasteiger partial charge in [-0.2, -0.15) is 9.36 Å². The number of hydrogen-bond donors (Lipinski definition) is 1. The fraction of sp³-hybridized carbons (Fsp3) is 0.333. The van der Waals surface area contributed by atoms with E-state index in [9.17, 15) is 0 Å². The molecular formula is C12H15N3OS2. The Bertz CT molecular complexity index is 484. The molecule has 1 aromatic carbocycles. The summed E-state index contributed by atoms with van der Waals surface area (Å²) < 4.78 is 9.31. The average Bonchev–Trinajstić information content (AvgIpc) is 2.88. The number of methoxy groups -OCH3 is 1. The van der Waals surface area contributed by atoms with Crippen LogP contribution in [0.4, 0.5) is 5.13 Å². The van der Waals surface area contributed by atoms with Crippen molar-refractivity contribution in [2.75, 3.05) is 31.8 Å². The summed E-state index contributed by atoms with van der Waals surface area (Å²) in [6.07, 6.45) is 2.06. The van der Waals surface area contributed by atoms with Crippen molar-refractivity contribution < 1.29 is 4.74 Å². The molecule has 0 radical (unpaired) electrons. The molecule has 0 saturated carbocycles. The Hall–Kier alpha value is -1.11. The fourth-order valence-electron chi connectivity index (χ4n) is 1.41. The molecule has 0 aliphatic heterocycles. The van der Waals surface area contributed by atoms with Crippen molar-refractivity contribution in [1.29, 1.82) is 0 Å². The van der Waals surface area contributed by atoms with E-state index in [2.05, 4.69) is 33.1 Å². The molecule has 1 N–H and O–H groups in total. The third-order valence-corrected chi connectivity index (χ3v) is 3.77. The van der Waals surface area contributed by atoms with E-state index in [1.54, 1.807) is 18.9 Å². The number of anilines is 1. The van der Waals surface area contributed by atoms with Crippen molar-refractivity contribution >= 4 is 28.4 Å².